The fourth-order valence-electron chi connectivity index (χ4n) is 1.51. The molecule has 0 aliphatic rings. The maximum Gasteiger partial charge on any atom is 0.116 e. The molecule has 1 unspecified atom stereocenters. The molecule has 1 aromatic heterocycles. The topological polar surface area (TPSA) is 37.8 Å². The average molecular weight is 253 g/mol. The smallest absolute Gasteiger partial charge is 0.116 e. The van der Waals surface area contributed by atoms with Crippen LogP contribution in [0.1, 0.15) is 33.6 Å². The van der Waals surface area contributed by atoms with E-state index in [9.17, 15) is 0 Å². The number of hydrogen-bond donors (Lipinski definition) is 1. The van der Waals surface area contributed by atoms with Gasteiger partial charge in [-0.1, -0.05) is 13.8 Å². The molecule has 17 heavy (non-hydrogen) atoms. The largest absolute Gasteiger partial charge is 0.313 e. The summed E-state index contributed by atoms with van der Waals surface area (Å²) >= 11 is 1.77. The second-order valence-corrected chi connectivity index (χ2v) is 5.84. The summed E-state index contributed by atoms with van der Waals surface area (Å²) in [5.41, 5.74) is 0. The first-order valence-electron chi connectivity index (χ1n) is 6.30. The van der Waals surface area contributed by atoms with Crippen molar-refractivity contribution in [2.75, 3.05) is 12.3 Å². The molecule has 1 N–H and O–H groups in total. The summed E-state index contributed by atoms with van der Waals surface area (Å²) in [6.07, 6.45) is 5.94. The minimum atomic E-state index is 0.614. The van der Waals surface area contributed by atoms with Crippen LogP contribution in [-0.4, -0.2) is 28.3 Å². The molecule has 0 bridgehead atoms. The molecule has 1 atom stereocenters. The molecule has 0 spiro atoms. The Bertz CT molecular complexity index is 290. The van der Waals surface area contributed by atoms with Gasteiger partial charge in [-0.2, -0.15) is 0 Å². The van der Waals surface area contributed by atoms with Gasteiger partial charge in [-0.15, -0.1) is 11.8 Å². The van der Waals surface area contributed by atoms with E-state index in [4.69, 9.17) is 0 Å². The molecule has 0 fully saturated rings. The molecule has 1 aromatic rings. The van der Waals surface area contributed by atoms with Crippen molar-refractivity contribution in [1.29, 1.82) is 0 Å². The molecule has 0 aliphatic carbocycles. The van der Waals surface area contributed by atoms with Crippen molar-refractivity contribution >= 4 is 11.8 Å². The first-order chi connectivity index (χ1) is 8.18. The van der Waals surface area contributed by atoms with Gasteiger partial charge in [0.2, 0.25) is 0 Å². The van der Waals surface area contributed by atoms with Crippen molar-refractivity contribution in [1.82, 2.24) is 15.3 Å². The quantitative estimate of drug-likeness (QED) is 0.439. The van der Waals surface area contributed by atoms with Crippen molar-refractivity contribution in [3.63, 3.8) is 0 Å². The number of nitrogens with one attached hydrogen (secondary N) is 1. The minimum absolute atomic E-state index is 0.614. The zero-order valence-corrected chi connectivity index (χ0v) is 11.8. The highest BCUT2D eigenvalue weighted by Crippen LogP contribution is 2.12. The minimum Gasteiger partial charge on any atom is -0.313 e. The van der Waals surface area contributed by atoms with Crippen LogP contribution < -0.4 is 5.32 Å². The lowest BCUT2D eigenvalue weighted by atomic mass is 10.0. The van der Waals surface area contributed by atoms with Gasteiger partial charge in [-0.3, -0.25) is 0 Å². The van der Waals surface area contributed by atoms with Gasteiger partial charge >= 0.3 is 0 Å². The Kier molecular flexibility index (Phi) is 7.21. The van der Waals surface area contributed by atoms with Crippen molar-refractivity contribution in [2.24, 2.45) is 5.92 Å². The van der Waals surface area contributed by atoms with Crippen LogP contribution in [-0.2, 0) is 0 Å². The summed E-state index contributed by atoms with van der Waals surface area (Å²) in [6, 6.07) is 2.57. The maximum atomic E-state index is 4.18. The lowest BCUT2D eigenvalue weighted by Gasteiger charge is -2.14. The highest BCUT2D eigenvalue weighted by molar-refractivity contribution is 7.99. The molecule has 0 saturated carbocycles. The second kappa shape index (κ2) is 8.48. The van der Waals surface area contributed by atoms with Gasteiger partial charge in [0.15, 0.2) is 0 Å². The van der Waals surface area contributed by atoms with Crippen molar-refractivity contribution in [3.8, 4) is 0 Å². The number of thioether (sulfide) groups is 1. The Morgan fingerprint density at radius 2 is 2.12 bits per heavy atom. The standard InChI is InChI=1S/C13H23N3S/c1-11(2)4-5-12(3)15-8-9-17-13-6-7-14-10-16-13/h6-7,10-12,15H,4-5,8-9H2,1-3H3. The highest BCUT2D eigenvalue weighted by Gasteiger charge is 2.02. The first kappa shape index (κ1) is 14.5. The molecule has 0 radical (unpaired) electrons. The number of rotatable bonds is 8. The fraction of sp³-hybridized carbons (Fsp3) is 0.692. The number of nitrogens with zero attached hydrogens (tertiary/aromatic N) is 2. The predicted molar refractivity (Wildman–Crippen MR) is 74.3 cm³/mol. The molecule has 3 nitrogen and oxygen atoms in total. The van der Waals surface area contributed by atoms with Gasteiger partial charge < -0.3 is 5.32 Å². The molecule has 0 saturated heterocycles. The molecule has 0 amide bonds. The zero-order valence-electron chi connectivity index (χ0n) is 11.0. The summed E-state index contributed by atoms with van der Waals surface area (Å²) in [5, 5.41) is 4.60. The van der Waals surface area contributed by atoms with E-state index in [2.05, 4.69) is 36.1 Å². The van der Waals surface area contributed by atoms with Crippen molar-refractivity contribution < 1.29 is 0 Å². The predicted octanol–water partition coefficient (Wildman–Crippen LogP) is 2.98. The number of hydrogen-bond acceptors (Lipinski definition) is 4. The molecule has 4 heteroatoms. The van der Waals surface area contributed by atoms with Crippen LogP contribution in [0, 0.1) is 5.92 Å². The van der Waals surface area contributed by atoms with E-state index in [1.54, 1.807) is 24.3 Å². The van der Waals surface area contributed by atoms with E-state index in [0.29, 0.717) is 6.04 Å². The van der Waals surface area contributed by atoms with E-state index in [1.807, 2.05) is 6.07 Å². The number of aromatic nitrogens is 2. The maximum absolute atomic E-state index is 4.18. The van der Waals surface area contributed by atoms with Gasteiger partial charge in [0, 0.05) is 24.5 Å². The first-order valence-corrected chi connectivity index (χ1v) is 7.29. The van der Waals surface area contributed by atoms with Crippen LogP contribution in [0.5, 0.6) is 0 Å². The van der Waals surface area contributed by atoms with Gasteiger partial charge in [-0.05, 0) is 31.7 Å². The Hall–Kier alpha value is -0.610. The molecular weight excluding hydrogens is 230 g/mol. The molecule has 0 aliphatic heterocycles. The van der Waals surface area contributed by atoms with Crippen LogP contribution in [0.4, 0.5) is 0 Å². The molecular formula is C13H23N3S. The Morgan fingerprint density at radius 1 is 1.29 bits per heavy atom. The summed E-state index contributed by atoms with van der Waals surface area (Å²) in [6.45, 7) is 7.85. The molecule has 96 valence electrons. The molecule has 1 rings (SSSR count). The van der Waals surface area contributed by atoms with Crippen LogP contribution >= 0.6 is 11.8 Å². The lowest BCUT2D eigenvalue weighted by molar-refractivity contribution is 0.460. The Labute approximate surface area is 109 Å². The van der Waals surface area contributed by atoms with Gasteiger partial charge in [-0.25, -0.2) is 9.97 Å². The third kappa shape index (κ3) is 7.34. The molecule has 1 heterocycles. The fourth-order valence-corrected chi connectivity index (χ4v) is 2.22. The van der Waals surface area contributed by atoms with E-state index in [0.717, 1.165) is 23.2 Å². The summed E-state index contributed by atoms with van der Waals surface area (Å²) in [4.78, 5) is 8.08. The van der Waals surface area contributed by atoms with E-state index in [1.165, 1.54) is 12.8 Å². The summed E-state index contributed by atoms with van der Waals surface area (Å²) in [5.74, 6) is 1.86. The third-order valence-electron chi connectivity index (χ3n) is 2.58. The van der Waals surface area contributed by atoms with Crippen LogP contribution in [0.15, 0.2) is 23.6 Å². The van der Waals surface area contributed by atoms with Crippen LogP contribution in [0.25, 0.3) is 0 Å². The Balaban J connectivity index is 2.04. The highest BCUT2D eigenvalue weighted by atomic mass is 32.2. The zero-order chi connectivity index (χ0) is 12.5. The van der Waals surface area contributed by atoms with E-state index < -0.39 is 0 Å². The van der Waals surface area contributed by atoms with Crippen molar-refractivity contribution in [2.45, 2.75) is 44.7 Å². The van der Waals surface area contributed by atoms with Crippen LogP contribution in [0.3, 0.4) is 0 Å². The monoisotopic (exact) mass is 253 g/mol. The lowest BCUT2D eigenvalue weighted by Crippen LogP contribution is -2.28. The van der Waals surface area contributed by atoms with E-state index in [-0.39, 0.29) is 0 Å². The second-order valence-electron chi connectivity index (χ2n) is 4.72. The van der Waals surface area contributed by atoms with Crippen molar-refractivity contribution in [3.05, 3.63) is 18.6 Å². The summed E-state index contributed by atoms with van der Waals surface area (Å²) in [7, 11) is 0. The molecule has 0 aromatic carbocycles. The van der Waals surface area contributed by atoms with E-state index >= 15 is 0 Å². The third-order valence-corrected chi connectivity index (χ3v) is 3.52. The normalized spacial score (nSPS) is 12.9. The summed E-state index contributed by atoms with van der Waals surface area (Å²) < 4.78 is 0. The SMILES string of the molecule is CC(C)CCC(C)NCCSc1ccncn1. The van der Waals surface area contributed by atoms with Gasteiger partial charge in [0.25, 0.3) is 0 Å². The van der Waals surface area contributed by atoms with Crippen LogP contribution in [0.2, 0.25) is 0 Å². The van der Waals surface area contributed by atoms with Gasteiger partial charge in [0.05, 0.1) is 5.03 Å². The Morgan fingerprint density at radius 3 is 2.76 bits per heavy atom. The van der Waals surface area contributed by atoms with Gasteiger partial charge in [0.1, 0.15) is 6.33 Å². The average Bonchev–Trinajstić information content (AvgIpc) is 2.33.